The van der Waals surface area contributed by atoms with Crippen LogP contribution >= 0.6 is 7.82 Å². The molecule has 2 unspecified atom stereocenters. The van der Waals surface area contributed by atoms with Crippen LogP contribution in [0.5, 0.6) is 0 Å². The van der Waals surface area contributed by atoms with Crippen molar-refractivity contribution < 1.29 is 59.2 Å². The fraction of sp³-hybridized carbons (Fsp3) is 0.875. The smallest absolute Gasteiger partial charge is 0.822 e. The van der Waals surface area contributed by atoms with Gasteiger partial charge in [-0.15, -0.1) is 0 Å². The number of unbranched alkanes of at least 4 members (excludes halogenated alkanes) is 2. The van der Waals surface area contributed by atoms with Crippen LogP contribution < -0.4 is 14.7 Å². The minimum Gasteiger partial charge on any atom is -0.822 e. The van der Waals surface area contributed by atoms with Crippen molar-refractivity contribution in [2.45, 2.75) is 79.1 Å². The minimum atomic E-state index is -5.39. The summed E-state index contributed by atoms with van der Waals surface area (Å²) >= 11 is 0. The Bertz CT molecular complexity index is 212. The summed E-state index contributed by atoms with van der Waals surface area (Å²) in [6.07, 6.45) is 10.4. The Kier molecular flexibility index (Phi) is 31.8. The van der Waals surface area contributed by atoms with E-state index >= 15 is 0 Å². The molecule has 0 aliphatic rings. The van der Waals surface area contributed by atoms with E-state index in [4.69, 9.17) is 19.2 Å². The molecule has 0 aromatic heterocycles. The van der Waals surface area contributed by atoms with E-state index in [1.807, 2.05) is 0 Å². The van der Waals surface area contributed by atoms with Crippen LogP contribution in [0.3, 0.4) is 0 Å². The molecule has 0 heterocycles. The summed E-state index contributed by atoms with van der Waals surface area (Å²) in [5.74, 6) is 1.41. The zero-order chi connectivity index (χ0) is 17.3. The fourth-order valence-electron chi connectivity index (χ4n) is 1.39. The van der Waals surface area contributed by atoms with E-state index in [0.29, 0.717) is 11.8 Å². The van der Waals surface area contributed by atoms with E-state index in [0.717, 1.165) is 0 Å². The van der Waals surface area contributed by atoms with Gasteiger partial charge in [-0.3, -0.25) is 0 Å². The monoisotopic (exact) mass is 479 g/mol. The van der Waals surface area contributed by atoms with Gasteiger partial charge in [0.1, 0.15) is 0 Å². The second-order valence-corrected chi connectivity index (χ2v) is 6.17. The minimum absolute atomic E-state index is 0. The van der Waals surface area contributed by atoms with Crippen LogP contribution in [0, 0.1) is 65.6 Å². The van der Waals surface area contributed by atoms with Crippen molar-refractivity contribution in [1.82, 2.24) is 0 Å². The van der Waals surface area contributed by atoms with Gasteiger partial charge in [-0.25, -0.2) is 0 Å². The Balaban J connectivity index is -0.000000111. The van der Waals surface area contributed by atoms with Gasteiger partial charge in [0, 0.05) is 0 Å². The molecule has 0 saturated heterocycles. The second-order valence-electron chi connectivity index (χ2n) is 5.28. The number of hydrogen-bond donors (Lipinski definition) is 0. The molecule has 0 saturated carbocycles. The van der Waals surface area contributed by atoms with E-state index in [1.54, 1.807) is 0 Å². The molecule has 1 radical (unpaired) electrons. The van der Waals surface area contributed by atoms with Crippen LogP contribution in [-0.2, 0) is 4.57 Å². The van der Waals surface area contributed by atoms with Crippen LogP contribution in [0.2, 0.25) is 0 Å². The van der Waals surface area contributed by atoms with Gasteiger partial charge in [-0.2, -0.15) is 19.7 Å². The SMILES string of the molecule is O=P([O-])([O-])[O-].[CH2-]C(CC)CCCC.[CH2-]C(CC)CCCC.[Gd+3]. The molecular formula is C16H34GdO4P-2. The van der Waals surface area contributed by atoms with Crippen LogP contribution in [0.15, 0.2) is 0 Å². The maximum atomic E-state index is 8.55. The van der Waals surface area contributed by atoms with Gasteiger partial charge in [0.05, 0.1) is 0 Å². The molecule has 22 heavy (non-hydrogen) atoms. The first-order valence-electron chi connectivity index (χ1n) is 8.01. The molecule has 0 aromatic carbocycles. The first-order valence-corrected chi connectivity index (χ1v) is 9.47. The Labute approximate surface area is 170 Å². The third kappa shape index (κ3) is 49.6. The van der Waals surface area contributed by atoms with Gasteiger partial charge in [-0.05, 0) is 0 Å². The number of phosphoric acid groups is 1. The van der Waals surface area contributed by atoms with Crippen molar-refractivity contribution in [3.05, 3.63) is 13.8 Å². The summed E-state index contributed by atoms with van der Waals surface area (Å²) in [5, 5.41) is 0. The molecular weight excluding hydrogens is 444 g/mol. The first-order chi connectivity index (χ1) is 9.62. The van der Waals surface area contributed by atoms with Crippen LogP contribution in [0.25, 0.3) is 0 Å². The molecule has 4 nitrogen and oxygen atoms in total. The summed E-state index contributed by atoms with van der Waals surface area (Å²) in [6, 6.07) is 0. The predicted molar refractivity (Wildman–Crippen MR) is 84.9 cm³/mol. The van der Waals surface area contributed by atoms with Gasteiger partial charge < -0.3 is 33.1 Å². The quantitative estimate of drug-likeness (QED) is 0.396. The molecule has 0 spiro atoms. The standard InChI is InChI=1S/2C8H17.Gd.H3O4P/c2*1-4-6-7-8(3)5-2;;1-5(2,3)4/h2*8H,3-7H2,1-2H3;;(H3,1,2,3,4)/q2*-1;+3;/p-3. The molecule has 0 aliphatic carbocycles. The summed E-state index contributed by atoms with van der Waals surface area (Å²) in [5.41, 5.74) is 0. The number of hydrogen-bond acceptors (Lipinski definition) is 4. The van der Waals surface area contributed by atoms with Crippen molar-refractivity contribution in [2.24, 2.45) is 11.8 Å². The van der Waals surface area contributed by atoms with Crippen molar-refractivity contribution in [3.8, 4) is 0 Å². The van der Waals surface area contributed by atoms with Crippen LogP contribution in [-0.4, -0.2) is 0 Å². The summed E-state index contributed by atoms with van der Waals surface area (Å²) in [7, 11) is -5.39. The average molecular weight is 479 g/mol. The summed E-state index contributed by atoms with van der Waals surface area (Å²) in [4.78, 5) is 25.6. The Hall–Kier alpha value is 1.43. The van der Waals surface area contributed by atoms with Crippen molar-refractivity contribution >= 4 is 7.82 Å². The maximum absolute atomic E-state index is 8.55. The molecule has 0 bridgehead atoms. The van der Waals surface area contributed by atoms with E-state index in [1.165, 1.54) is 51.4 Å². The van der Waals surface area contributed by atoms with Crippen LogP contribution in [0.4, 0.5) is 0 Å². The molecule has 0 N–H and O–H groups in total. The predicted octanol–water partition coefficient (Wildman–Crippen LogP) is 3.25. The molecule has 0 aliphatic heterocycles. The Morgan fingerprint density at radius 1 is 0.818 bits per heavy atom. The first kappa shape index (κ1) is 31.2. The van der Waals surface area contributed by atoms with Crippen molar-refractivity contribution in [2.75, 3.05) is 0 Å². The van der Waals surface area contributed by atoms with Gasteiger partial charge in [0.15, 0.2) is 0 Å². The maximum Gasteiger partial charge on any atom is 3.00 e. The molecule has 2 atom stereocenters. The molecule has 0 amide bonds. The molecule has 137 valence electrons. The summed E-state index contributed by atoms with van der Waals surface area (Å²) < 4.78 is 8.55. The van der Waals surface area contributed by atoms with Gasteiger partial charge in [0.2, 0.25) is 0 Å². The number of rotatable bonds is 8. The fourth-order valence-corrected chi connectivity index (χ4v) is 1.39. The molecule has 0 rings (SSSR count). The third-order valence-electron chi connectivity index (χ3n) is 3.09. The van der Waals surface area contributed by atoms with Gasteiger partial charge in [0.25, 0.3) is 0 Å². The van der Waals surface area contributed by atoms with E-state index in [-0.39, 0.29) is 39.9 Å². The largest absolute Gasteiger partial charge is 3.00 e. The zero-order valence-electron chi connectivity index (χ0n) is 14.7. The second kappa shape index (κ2) is 22.4. The topological polar surface area (TPSA) is 86.2 Å². The zero-order valence-corrected chi connectivity index (χ0v) is 17.8. The Morgan fingerprint density at radius 3 is 1.18 bits per heavy atom. The van der Waals surface area contributed by atoms with E-state index < -0.39 is 7.82 Å². The molecule has 6 heteroatoms. The van der Waals surface area contributed by atoms with Crippen molar-refractivity contribution in [3.63, 3.8) is 0 Å². The van der Waals surface area contributed by atoms with Crippen LogP contribution in [0.1, 0.15) is 79.1 Å². The molecule has 0 fully saturated rings. The molecule has 0 aromatic rings. The Morgan fingerprint density at radius 2 is 1.05 bits per heavy atom. The normalized spacial score (nSPS) is 12.8. The van der Waals surface area contributed by atoms with Crippen molar-refractivity contribution in [1.29, 1.82) is 0 Å². The van der Waals surface area contributed by atoms with E-state index in [9.17, 15) is 0 Å². The van der Waals surface area contributed by atoms with Gasteiger partial charge >= 0.3 is 39.9 Å². The average Bonchev–Trinajstić information content (AvgIpc) is 2.40. The van der Waals surface area contributed by atoms with E-state index in [2.05, 4.69) is 41.5 Å². The summed E-state index contributed by atoms with van der Waals surface area (Å²) in [6.45, 7) is 16.8. The van der Waals surface area contributed by atoms with Gasteiger partial charge in [-0.1, -0.05) is 79.1 Å². The third-order valence-corrected chi connectivity index (χ3v) is 3.09.